The molecule has 0 aromatic rings. The molecule has 0 aliphatic rings. The van der Waals surface area contributed by atoms with Crippen molar-refractivity contribution in [3.05, 3.63) is 60.8 Å². The maximum Gasteiger partial charge on any atom is 0.326 e. The average molecular weight is 699 g/mol. The minimum absolute atomic E-state index is 0.150. The van der Waals surface area contributed by atoms with E-state index >= 15 is 0 Å². The predicted molar refractivity (Wildman–Crippen MR) is 211 cm³/mol. The van der Waals surface area contributed by atoms with Gasteiger partial charge in [-0.25, -0.2) is 4.79 Å². The number of aliphatic carboxylic acids is 1. The Morgan fingerprint density at radius 1 is 0.620 bits per heavy atom. The molecule has 286 valence electrons. The zero-order valence-corrected chi connectivity index (χ0v) is 32.0. The fraction of sp³-hybridized carbons (Fsp3) is 0.698. The van der Waals surface area contributed by atoms with Crippen molar-refractivity contribution in [2.45, 2.75) is 187 Å². The molecule has 1 amide bonds. The minimum Gasteiger partial charge on any atom is -0.480 e. The third-order valence-corrected chi connectivity index (χ3v) is 8.53. The number of hydrogen-bond acceptors (Lipinski definition) is 5. The van der Waals surface area contributed by atoms with E-state index in [9.17, 15) is 19.5 Å². The third-order valence-electron chi connectivity index (χ3n) is 8.53. The number of allylic oxidation sites excluding steroid dienone is 8. The van der Waals surface area contributed by atoms with Crippen molar-refractivity contribution in [1.82, 2.24) is 5.32 Å². The highest BCUT2D eigenvalue weighted by Gasteiger charge is 2.18. The summed E-state index contributed by atoms with van der Waals surface area (Å²) >= 11 is 0. The smallest absolute Gasteiger partial charge is 0.326 e. The molecule has 0 fully saturated rings. The third kappa shape index (κ3) is 33.6. The van der Waals surface area contributed by atoms with Crippen molar-refractivity contribution in [2.75, 3.05) is 6.54 Å². The number of carbonyl (C=O) groups excluding carboxylic acids is 2. The summed E-state index contributed by atoms with van der Waals surface area (Å²) in [6.07, 6.45) is 46.1. The first-order valence-corrected chi connectivity index (χ1v) is 20.1. The number of nitrogens with two attached hydrogens (primary N) is 1. The van der Waals surface area contributed by atoms with Crippen molar-refractivity contribution in [3.8, 4) is 0 Å². The van der Waals surface area contributed by atoms with Gasteiger partial charge in [0.25, 0.3) is 0 Å². The van der Waals surface area contributed by atoms with Crippen molar-refractivity contribution in [1.29, 1.82) is 0 Å². The van der Waals surface area contributed by atoms with Crippen molar-refractivity contribution >= 4 is 17.8 Å². The topological polar surface area (TPSA) is 119 Å². The molecule has 0 spiro atoms. The van der Waals surface area contributed by atoms with Gasteiger partial charge in [0.1, 0.15) is 12.1 Å². The summed E-state index contributed by atoms with van der Waals surface area (Å²) < 4.78 is 5.78. The van der Waals surface area contributed by atoms with Gasteiger partial charge in [0.05, 0.1) is 0 Å². The van der Waals surface area contributed by atoms with Gasteiger partial charge in [-0.1, -0.05) is 127 Å². The van der Waals surface area contributed by atoms with Crippen LogP contribution in [0.4, 0.5) is 0 Å². The molecule has 0 aromatic carbocycles. The minimum atomic E-state index is -1.02. The first-order valence-electron chi connectivity index (χ1n) is 20.1. The fourth-order valence-electron chi connectivity index (χ4n) is 5.50. The molecular formula is C43H74N2O5. The largest absolute Gasteiger partial charge is 0.480 e. The second kappa shape index (κ2) is 37.3. The van der Waals surface area contributed by atoms with E-state index in [2.05, 4.69) is 55.6 Å². The highest BCUT2D eigenvalue weighted by Crippen LogP contribution is 2.13. The summed E-state index contributed by atoms with van der Waals surface area (Å²) in [5.41, 5.74) is 5.46. The number of unbranched alkanes of at least 4 members (excludes halogenated alkanes) is 15. The number of amides is 1. The molecule has 0 aliphatic carbocycles. The summed E-state index contributed by atoms with van der Waals surface area (Å²) in [5.74, 6) is -1.41. The Kier molecular flexibility index (Phi) is 35.1. The first kappa shape index (κ1) is 47.1. The van der Waals surface area contributed by atoms with E-state index in [0.717, 1.165) is 51.4 Å². The van der Waals surface area contributed by atoms with Gasteiger partial charge in [0.2, 0.25) is 5.91 Å². The number of hydrogen-bond donors (Lipinski definition) is 3. The van der Waals surface area contributed by atoms with Gasteiger partial charge in [-0.3, -0.25) is 9.59 Å². The lowest BCUT2D eigenvalue weighted by Gasteiger charge is -2.13. The van der Waals surface area contributed by atoms with Gasteiger partial charge in [-0.15, -0.1) is 0 Å². The number of rotatable bonds is 35. The molecule has 0 saturated heterocycles. The van der Waals surface area contributed by atoms with Gasteiger partial charge in [-0.05, 0) is 102 Å². The molecule has 0 radical (unpaired) electrons. The molecule has 7 heteroatoms. The molecule has 2 unspecified atom stereocenters. The SMILES string of the molecule is CC/C=C\C/C=C\C(/C=C\CCCCCC(=O)NC(CCCN)C(=O)O)OC(=O)CCCCCCCCCCC/C=C\C/C=C\CCCCC. The molecule has 7 nitrogen and oxygen atoms in total. The fourth-order valence-corrected chi connectivity index (χ4v) is 5.50. The van der Waals surface area contributed by atoms with E-state index in [4.69, 9.17) is 10.5 Å². The lowest BCUT2D eigenvalue weighted by Crippen LogP contribution is -2.40. The second-order valence-electron chi connectivity index (χ2n) is 13.3. The lowest BCUT2D eigenvalue weighted by atomic mass is 10.1. The Bertz CT molecular complexity index is 968. The molecule has 2 atom stereocenters. The molecule has 50 heavy (non-hydrogen) atoms. The van der Waals surface area contributed by atoms with E-state index in [1.807, 2.05) is 24.3 Å². The molecule has 0 aromatic heterocycles. The number of nitrogens with one attached hydrogen (secondary N) is 1. The Balaban J connectivity index is 4.14. The number of esters is 1. The molecule has 4 N–H and O–H groups in total. The number of carboxylic acids is 1. The van der Waals surface area contributed by atoms with Gasteiger partial charge in [0.15, 0.2) is 0 Å². The van der Waals surface area contributed by atoms with Crippen LogP contribution in [0.5, 0.6) is 0 Å². The highest BCUT2D eigenvalue weighted by molar-refractivity contribution is 5.83. The van der Waals surface area contributed by atoms with E-state index < -0.39 is 12.0 Å². The molecular weight excluding hydrogens is 624 g/mol. The Labute approximate surface area is 306 Å². The highest BCUT2D eigenvalue weighted by atomic mass is 16.5. The Morgan fingerprint density at radius 2 is 1.14 bits per heavy atom. The average Bonchev–Trinajstić information content (AvgIpc) is 3.10. The summed E-state index contributed by atoms with van der Waals surface area (Å²) in [5, 5.41) is 11.8. The maximum atomic E-state index is 12.6. The maximum absolute atomic E-state index is 12.6. The molecule has 0 rings (SSSR count). The zero-order chi connectivity index (χ0) is 36.8. The summed E-state index contributed by atoms with van der Waals surface area (Å²) in [7, 11) is 0. The van der Waals surface area contributed by atoms with Crippen molar-refractivity contribution in [3.63, 3.8) is 0 Å². The number of carbonyl (C=O) groups is 3. The Morgan fingerprint density at radius 3 is 1.76 bits per heavy atom. The van der Waals surface area contributed by atoms with E-state index in [-0.39, 0.29) is 18.0 Å². The van der Waals surface area contributed by atoms with Crippen LogP contribution in [0.3, 0.4) is 0 Å². The van der Waals surface area contributed by atoms with Crippen LogP contribution in [0.2, 0.25) is 0 Å². The van der Waals surface area contributed by atoms with E-state index in [1.165, 1.54) is 77.0 Å². The van der Waals surface area contributed by atoms with E-state index in [0.29, 0.717) is 38.6 Å². The van der Waals surface area contributed by atoms with Crippen LogP contribution in [-0.4, -0.2) is 41.6 Å². The lowest BCUT2D eigenvalue weighted by molar-refractivity contribution is -0.145. The van der Waals surface area contributed by atoms with Crippen LogP contribution >= 0.6 is 0 Å². The number of carboxylic acid groups (broad SMARTS) is 1. The normalized spacial score (nSPS) is 13.3. The first-order chi connectivity index (χ1) is 24.4. The van der Waals surface area contributed by atoms with E-state index in [1.54, 1.807) is 0 Å². The standard InChI is InChI=1S/C43H74N2O5/c1-3-5-7-9-10-11-12-13-14-15-16-17-18-19-20-21-22-27-31-37-42(47)50-39(33-28-24-8-6-4-2)34-29-25-23-26-30-36-41(46)45-40(43(48)49)35-32-38-44/h6,8,10-11,13-14,28-29,33-34,39-40H,3-5,7,9,12,15-27,30-32,35-38,44H2,1-2H3,(H,45,46)(H,48,49)/b8-6-,11-10-,14-13-,33-28-,34-29-. The predicted octanol–water partition coefficient (Wildman–Crippen LogP) is 11.0. The number of ether oxygens (including phenoxy) is 1. The quantitative estimate of drug-likeness (QED) is 0.0344. The van der Waals surface area contributed by atoms with Crippen LogP contribution in [-0.2, 0) is 19.1 Å². The van der Waals surface area contributed by atoms with Crippen LogP contribution in [0.15, 0.2) is 60.8 Å². The van der Waals surface area contributed by atoms with Gasteiger partial charge >= 0.3 is 11.9 Å². The Hall–Kier alpha value is -2.93. The second-order valence-corrected chi connectivity index (χ2v) is 13.3. The van der Waals surface area contributed by atoms with Gasteiger partial charge in [-0.2, -0.15) is 0 Å². The summed E-state index contributed by atoms with van der Waals surface area (Å²) in [6.45, 7) is 4.75. The molecule has 0 heterocycles. The van der Waals surface area contributed by atoms with Crippen molar-refractivity contribution < 1.29 is 24.2 Å². The molecule has 0 bridgehead atoms. The zero-order valence-electron chi connectivity index (χ0n) is 32.0. The van der Waals surface area contributed by atoms with Crippen LogP contribution in [0.25, 0.3) is 0 Å². The van der Waals surface area contributed by atoms with Crippen LogP contribution in [0, 0.1) is 0 Å². The van der Waals surface area contributed by atoms with Gasteiger partial charge < -0.3 is 20.9 Å². The summed E-state index contributed by atoms with van der Waals surface area (Å²) in [4.78, 5) is 36.0. The van der Waals surface area contributed by atoms with Gasteiger partial charge in [0, 0.05) is 12.8 Å². The van der Waals surface area contributed by atoms with Crippen molar-refractivity contribution in [2.24, 2.45) is 5.73 Å². The molecule has 0 aliphatic heterocycles. The monoisotopic (exact) mass is 699 g/mol. The van der Waals surface area contributed by atoms with Crippen LogP contribution < -0.4 is 11.1 Å². The molecule has 0 saturated carbocycles. The van der Waals surface area contributed by atoms with Crippen LogP contribution in [0.1, 0.15) is 174 Å². The summed E-state index contributed by atoms with van der Waals surface area (Å²) in [6, 6.07) is -0.875.